The van der Waals surface area contributed by atoms with E-state index < -0.39 is 17.0 Å². The summed E-state index contributed by atoms with van der Waals surface area (Å²) in [5.41, 5.74) is -1.87. The molecule has 1 heterocycles. The van der Waals surface area contributed by atoms with Gasteiger partial charge in [0.25, 0.3) is 0 Å². The minimum Gasteiger partial charge on any atom is -0.481 e. The van der Waals surface area contributed by atoms with Gasteiger partial charge in [0.05, 0.1) is 11.0 Å². The Morgan fingerprint density at radius 2 is 1.69 bits per heavy atom. The van der Waals surface area contributed by atoms with Gasteiger partial charge < -0.3 is 14.9 Å². The van der Waals surface area contributed by atoms with Crippen molar-refractivity contribution >= 4 is 5.97 Å². The van der Waals surface area contributed by atoms with E-state index in [0.717, 1.165) is 0 Å². The number of carboxylic acid groups (broad SMARTS) is 1. The van der Waals surface area contributed by atoms with Gasteiger partial charge in [0.15, 0.2) is 0 Å². The molecule has 2 N–H and O–H groups in total. The molecule has 0 bridgehead atoms. The predicted molar refractivity (Wildman–Crippen MR) is 44.3 cm³/mol. The van der Waals surface area contributed by atoms with Crippen LogP contribution in [-0.2, 0) is 9.53 Å². The van der Waals surface area contributed by atoms with Crippen LogP contribution >= 0.6 is 0 Å². The number of aliphatic hydroxyl groups is 1. The lowest BCUT2D eigenvalue weighted by atomic mass is 9.78. The van der Waals surface area contributed by atoms with Gasteiger partial charge in [-0.05, 0) is 12.8 Å². The van der Waals surface area contributed by atoms with Crippen LogP contribution in [0.1, 0.15) is 25.7 Å². The van der Waals surface area contributed by atoms with Crippen molar-refractivity contribution in [3.05, 3.63) is 0 Å². The van der Waals surface area contributed by atoms with Gasteiger partial charge in [0, 0.05) is 26.1 Å². The summed E-state index contributed by atoms with van der Waals surface area (Å²) in [6, 6.07) is 0. The summed E-state index contributed by atoms with van der Waals surface area (Å²) in [6.45, 7) is 0.955. The summed E-state index contributed by atoms with van der Waals surface area (Å²) < 4.78 is 5.11. The lowest BCUT2D eigenvalue weighted by Gasteiger charge is -2.37. The van der Waals surface area contributed by atoms with Crippen LogP contribution in [0.5, 0.6) is 0 Å². The van der Waals surface area contributed by atoms with Crippen molar-refractivity contribution in [3.8, 4) is 0 Å². The van der Waals surface area contributed by atoms with Crippen LogP contribution < -0.4 is 0 Å². The normalized spacial score (nSPS) is 29.6. The molecule has 1 saturated carbocycles. The molecule has 1 aliphatic carbocycles. The fourth-order valence-corrected chi connectivity index (χ4v) is 2.19. The first-order valence-corrected chi connectivity index (χ1v) is 4.64. The fraction of sp³-hybridized carbons (Fsp3) is 0.889. The third kappa shape index (κ3) is 1.16. The van der Waals surface area contributed by atoms with Crippen LogP contribution in [0.15, 0.2) is 0 Å². The number of aliphatic carboxylic acids is 1. The number of rotatable bonds is 2. The van der Waals surface area contributed by atoms with Gasteiger partial charge in [-0.2, -0.15) is 0 Å². The molecule has 13 heavy (non-hydrogen) atoms. The number of ether oxygens (including phenoxy) is 1. The summed E-state index contributed by atoms with van der Waals surface area (Å²) in [7, 11) is 0. The average molecular weight is 186 g/mol. The van der Waals surface area contributed by atoms with E-state index in [-0.39, 0.29) is 0 Å². The Morgan fingerprint density at radius 1 is 1.15 bits per heavy atom. The number of hydrogen-bond acceptors (Lipinski definition) is 3. The highest BCUT2D eigenvalue weighted by Gasteiger charge is 2.64. The molecule has 0 aromatic heterocycles. The van der Waals surface area contributed by atoms with Crippen LogP contribution in [0.2, 0.25) is 0 Å². The molecule has 1 saturated heterocycles. The first-order valence-electron chi connectivity index (χ1n) is 4.64. The van der Waals surface area contributed by atoms with Crippen molar-refractivity contribution < 1.29 is 19.7 Å². The predicted octanol–water partition coefficient (Wildman–Crippen LogP) is 0.393. The zero-order chi connectivity index (χ0) is 9.53. The minimum atomic E-state index is -1.02. The van der Waals surface area contributed by atoms with Gasteiger partial charge in [0.2, 0.25) is 0 Å². The molecule has 0 atom stereocenters. The van der Waals surface area contributed by atoms with Crippen molar-refractivity contribution in [2.24, 2.45) is 5.41 Å². The molecular formula is C9H14O4. The molecule has 4 nitrogen and oxygen atoms in total. The quantitative estimate of drug-likeness (QED) is 0.654. The van der Waals surface area contributed by atoms with Crippen LogP contribution in [0.25, 0.3) is 0 Å². The maximum Gasteiger partial charge on any atom is 0.312 e. The Kier molecular flexibility index (Phi) is 1.85. The number of carboxylic acids is 1. The van der Waals surface area contributed by atoms with Crippen LogP contribution in [0, 0.1) is 5.41 Å². The summed E-state index contributed by atoms with van der Waals surface area (Å²) in [6.07, 6.45) is 2.14. The van der Waals surface area contributed by atoms with Gasteiger partial charge in [-0.15, -0.1) is 0 Å². The van der Waals surface area contributed by atoms with Crippen molar-refractivity contribution in [1.29, 1.82) is 0 Å². The minimum absolute atomic E-state index is 0.458. The second-order valence-electron chi connectivity index (χ2n) is 4.03. The highest BCUT2D eigenvalue weighted by Crippen LogP contribution is 2.57. The maximum atomic E-state index is 11.0. The zero-order valence-electron chi connectivity index (χ0n) is 7.45. The molecule has 1 aliphatic heterocycles. The topological polar surface area (TPSA) is 66.8 Å². The molecule has 0 aromatic carbocycles. The monoisotopic (exact) mass is 186 g/mol. The SMILES string of the molecule is O=C(O)C1(C2(O)CCOCC2)CC1. The standard InChI is InChI=1S/C9H14O4/c10-7(11)8(1-2-8)9(12)3-5-13-6-4-9/h12H,1-6H2,(H,10,11). The van der Waals surface area contributed by atoms with E-state index >= 15 is 0 Å². The molecule has 0 amide bonds. The maximum absolute atomic E-state index is 11.0. The molecular weight excluding hydrogens is 172 g/mol. The first kappa shape index (κ1) is 8.97. The molecule has 74 valence electrons. The Bertz CT molecular complexity index is 226. The van der Waals surface area contributed by atoms with Crippen molar-refractivity contribution in [2.75, 3.05) is 13.2 Å². The molecule has 2 aliphatic rings. The Hall–Kier alpha value is -0.610. The number of hydrogen-bond donors (Lipinski definition) is 2. The van der Waals surface area contributed by atoms with Gasteiger partial charge in [-0.1, -0.05) is 0 Å². The van der Waals surface area contributed by atoms with E-state index in [1.807, 2.05) is 0 Å². The van der Waals surface area contributed by atoms with Gasteiger partial charge in [-0.25, -0.2) is 0 Å². The summed E-state index contributed by atoms with van der Waals surface area (Å²) >= 11 is 0. The zero-order valence-corrected chi connectivity index (χ0v) is 7.45. The van der Waals surface area contributed by atoms with E-state index in [9.17, 15) is 9.90 Å². The number of carbonyl (C=O) groups is 1. The third-order valence-electron chi connectivity index (χ3n) is 3.37. The van der Waals surface area contributed by atoms with E-state index in [0.29, 0.717) is 38.9 Å². The summed E-state index contributed by atoms with van der Waals surface area (Å²) in [5, 5.41) is 19.2. The first-order chi connectivity index (χ1) is 6.11. The third-order valence-corrected chi connectivity index (χ3v) is 3.37. The van der Waals surface area contributed by atoms with Crippen molar-refractivity contribution in [1.82, 2.24) is 0 Å². The largest absolute Gasteiger partial charge is 0.481 e. The Labute approximate surface area is 76.5 Å². The average Bonchev–Trinajstić information content (AvgIpc) is 2.85. The summed E-state index contributed by atoms with van der Waals surface area (Å²) in [5.74, 6) is -0.850. The molecule has 0 spiro atoms. The van der Waals surface area contributed by atoms with Crippen LogP contribution in [0.4, 0.5) is 0 Å². The molecule has 0 aromatic rings. The molecule has 4 heteroatoms. The lowest BCUT2D eigenvalue weighted by Crippen LogP contribution is -2.48. The van der Waals surface area contributed by atoms with Gasteiger partial charge >= 0.3 is 5.97 Å². The molecule has 0 radical (unpaired) electrons. The smallest absolute Gasteiger partial charge is 0.312 e. The second-order valence-corrected chi connectivity index (χ2v) is 4.03. The van der Waals surface area contributed by atoms with E-state index in [1.165, 1.54) is 0 Å². The highest BCUT2D eigenvalue weighted by molar-refractivity contribution is 5.79. The molecule has 2 rings (SSSR count). The molecule has 0 unspecified atom stereocenters. The van der Waals surface area contributed by atoms with E-state index in [4.69, 9.17) is 9.84 Å². The summed E-state index contributed by atoms with van der Waals surface area (Å²) in [4.78, 5) is 11.0. The van der Waals surface area contributed by atoms with Gasteiger partial charge in [-0.3, -0.25) is 4.79 Å². The fourth-order valence-electron chi connectivity index (χ4n) is 2.19. The second kappa shape index (κ2) is 2.69. The van der Waals surface area contributed by atoms with E-state index in [1.54, 1.807) is 0 Å². The van der Waals surface area contributed by atoms with Crippen molar-refractivity contribution in [3.63, 3.8) is 0 Å². The van der Waals surface area contributed by atoms with Crippen LogP contribution in [-0.4, -0.2) is 35.0 Å². The Morgan fingerprint density at radius 3 is 2.08 bits per heavy atom. The molecule has 2 fully saturated rings. The van der Waals surface area contributed by atoms with Gasteiger partial charge in [0.1, 0.15) is 0 Å². The van der Waals surface area contributed by atoms with Crippen LogP contribution in [0.3, 0.4) is 0 Å². The Balaban J connectivity index is 2.17. The van der Waals surface area contributed by atoms with E-state index in [2.05, 4.69) is 0 Å². The van der Waals surface area contributed by atoms with Crippen molar-refractivity contribution in [2.45, 2.75) is 31.3 Å². The lowest BCUT2D eigenvalue weighted by molar-refractivity contribution is -0.165. The highest BCUT2D eigenvalue weighted by atomic mass is 16.5.